The molecule has 2 aromatic rings. The monoisotopic (exact) mass is 347 g/mol. The minimum atomic E-state index is -4.20. The zero-order valence-electron chi connectivity index (χ0n) is 11.9. The summed E-state index contributed by atoms with van der Waals surface area (Å²) in [5, 5.41) is 31.1. The van der Waals surface area contributed by atoms with E-state index >= 15 is 0 Å². The molecular formula is C14H9N3O6S. The predicted octanol–water partition coefficient (Wildman–Crippen LogP) is 2.35. The summed E-state index contributed by atoms with van der Waals surface area (Å²) in [5.74, 6) is -0.541. The van der Waals surface area contributed by atoms with E-state index in [9.17, 15) is 28.6 Å². The third kappa shape index (κ3) is 3.36. The topological polar surface area (TPSA) is 144 Å². The van der Waals surface area contributed by atoms with E-state index in [2.05, 4.69) is 0 Å². The summed E-state index contributed by atoms with van der Waals surface area (Å²) >= 11 is 0. The lowest BCUT2D eigenvalue weighted by atomic mass is 10.2. The van der Waals surface area contributed by atoms with E-state index in [4.69, 9.17) is 5.26 Å². The summed E-state index contributed by atoms with van der Waals surface area (Å²) in [6.07, 6.45) is 0. The minimum absolute atomic E-state index is 0.385. The van der Waals surface area contributed by atoms with E-state index in [1.165, 1.54) is 18.2 Å². The highest BCUT2D eigenvalue weighted by Crippen LogP contribution is 2.32. The van der Waals surface area contributed by atoms with Crippen LogP contribution in [-0.4, -0.2) is 18.3 Å². The molecule has 9 nitrogen and oxygen atoms in total. The first-order valence-electron chi connectivity index (χ1n) is 6.40. The molecule has 0 aliphatic carbocycles. The van der Waals surface area contributed by atoms with Crippen molar-refractivity contribution in [1.82, 2.24) is 0 Å². The van der Waals surface area contributed by atoms with Gasteiger partial charge in [0.25, 0.3) is 11.4 Å². The molecule has 0 spiro atoms. The van der Waals surface area contributed by atoms with E-state index in [1.807, 2.05) is 0 Å². The maximum absolute atomic E-state index is 12.5. The van der Waals surface area contributed by atoms with Gasteiger partial charge in [-0.25, -0.2) is 8.42 Å². The number of hydrogen-bond donors (Lipinski definition) is 0. The molecule has 0 radical (unpaired) electrons. The van der Waals surface area contributed by atoms with Gasteiger partial charge in [-0.05, 0) is 5.56 Å². The van der Waals surface area contributed by atoms with Crippen molar-refractivity contribution in [3.05, 3.63) is 73.8 Å². The van der Waals surface area contributed by atoms with Crippen molar-refractivity contribution in [2.24, 2.45) is 0 Å². The fourth-order valence-electron chi connectivity index (χ4n) is 2.07. The van der Waals surface area contributed by atoms with Crippen LogP contribution in [0.1, 0.15) is 11.1 Å². The molecule has 0 N–H and O–H groups in total. The number of hydrogen-bond acceptors (Lipinski definition) is 7. The summed E-state index contributed by atoms with van der Waals surface area (Å²) in [6.45, 7) is 0. The smallest absolute Gasteiger partial charge is 0.258 e. The SMILES string of the molecule is N#Cc1c([N+](=O)[O-])cc([N+](=O)[O-])cc1S(=O)(=O)Cc1ccccc1. The summed E-state index contributed by atoms with van der Waals surface area (Å²) in [5.41, 5.74) is -2.03. The molecule has 10 heteroatoms. The Kier molecular flexibility index (Phi) is 4.57. The van der Waals surface area contributed by atoms with Gasteiger partial charge in [-0.2, -0.15) is 5.26 Å². The van der Waals surface area contributed by atoms with Gasteiger partial charge in [0.15, 0.2) is 9.84 Å². The van der Waals surface area contributed by atoms with Crippen molar-refractivity contribution >= 4 is 21.2 Å². The van der Waals surface area contributed by atoms with Gasteiger partial charge in [0.05, 0.1) is 26.6 Å². The third-order valence-corrected chi connectivity index (χ3v) is 4.83. The molecule has 0 unspecified atom stereocenters. The number of nitrogens with zero attached hydrogens (tertiary/aromatic N) is 3. The van der Waals surface area contributed by atoms with Gasteiger partial charge >= 0.3 is 0 Å². The molecule has 0 heterocycles. The van der Waals surface area contributed by atoms with Crippen LogP contribution < -0.4 is 0 Å². The van der Waals surface area contributed by atoms with Crippen molar-refractivity contribution in [2.75, 3.05) is 0 Å². The summed E-state index contributed by atoms with van der Waals surface area (Å²) in [6, 6.07) is 10.6. The zero-order valence-corrected chi connectivity index (χ0v) is 12.8. The molecule has 2 aromatic carbocycles. The van der Waals surface area contributed by atoms with Crippen molar-refractivity contribution in [1.29, 1.82) is 5.26 Å². The molecule has 24 heavy (non-hydrogen) atoms. The van der Waals surface area contributed by atoms with Gasteiger partial charge in [-0.1, -0.05) is 30.3 Å². The standard InChI is InChI=1S/C14H9N3O6S/c15-8-12-13(17(20)21)6-11(16(18)19)7-14(12)24(22,23)9-10-4-2-1-3-5-10/h1-7H,9H2. The number of sulfone groups is 1. The molecule has 0 amide bonds. The summed E-state index contributed by atoms with van der Waals surface area (Å²) in [7, 11) is -4.20. The largest absolute Gasteiger partial charge is 0.295 e. The lowest BCUT2D eigenvalue weighted by molar-refractivity contribution is -0.394. The van der Waals surface area contributed by atoms with E-state index < -0.39 is 47.3 Å². The van der Waals surface area contributed by atoms with E-state index in [0.717, 1.165) is 0 Å². The van der Waals surface area contributed by atoms with Crippen LogP contribution in [0, 0.1) is 31.6 Å². The highest BCUT2D eigenvalue weighted by atomic mass is 32.2. The van der Waals surface area contributed by atoms with Crippen LogP contribution in [-0.2, 0) is 15.6 Å². The van der Waals surface area contributed by atoms with Crippen LogP contribution in [0.5, 0.6) is 0 Å². The van der Waals surface area contributed by atoms with Crippen LogP contribution in [0.15, 0.2) is 47.4 Å². The van der Waals surface area contributed by atoms with Crippen molar-refractivity contribution in [3.63, 3.8) is 0 Å². The number of rotatable bonds is 5. The lowest BCUT2D eigenvalue weighted by Gasteiger charge is -2.07. The number of nitriles is 1. The van der Waals surface area contributed by atoms with E-state index in [-0.39, 0.29) is 0 Å². The molecular weight excluding hydrogens is 338 g/mol. The van der Waals surface area contributed by atoms with E-state index in [1.54, 1.807) is 18.2 Å². The van der Waals surface area contributed by atoms with Crippen molar-refractivity contribution in [3.8, 4) is 6.07 Å². The van der Waals surface area contributed by atoms with Gasteiger partial charge in [0.2, 0.25) is 0 Å². The molecule has 0 atom stereocenters. The van der Waals surface area contributed by atoms with Gasteiger partial charge in [0, 0.05) is 6.07 Å². The average molecular weight is 347 g/mol. The zero-order chi connectivity index (χ0) is 17.9. The van der Waals surface area contributed by atoms with Crippen LogP contribution in [0.25, 0.3) is 0 Å². The van der Waals surface area contributed by atoms with Gasteiger partial charge in [-0.15, -0.1) is 0 Å². The van der Waals surface area contributed by atoms with Gasteiger partial charge in [-0.3, -0.25) is 20.2 Å². The van der Waals surface area contributed by atoms with Crippen molar-refractivity contribution in [2.45, 2.75) is 10.6 Å². The molecule has 0 saturated carbocycles. The second kappa shape index (κ2) is 6.43. The maximum Gasteiger partial charge on any atom is 0.295 e. The highest BCUT2D eigenvalue weighted by Gasteiger charge is 2.30. The van der Waals surface area contributed by atoms with Crippen LogP contribution in [0.2, 0.25) is 0 Å². The fraction of sp³-hybridized carbons (Fsp3) is 0.0714. The van der Waals surface area contributed by atoms with Crippen LogP contribution in [0.4, 0.5) is 11.4 Å². The maximum atomic E-state index is 12.5. The Morgan fingerprint density at radius 3 is 2.17 bits per heavy atom. The first-order valence-corrected chi connectivity index (χ1v) is 8.05. The molecule has 0 aliphatic heterocycles. The number of nitro groups is 2. The second-order valence-corrected chi connectivity index (χ2v) is 6.67. The molecule has 0 saturated heterocycles. The van der Waals surface area contributed by atoms with E-state index in [0.29, 0.717) is 17.7 Å². The molecule has 2 rings (SSSR count). The first-order chi connectivity index (χ1) is 11.3. The quantitative estimate of drug-likeness (QED) is 0.596. The predicted molar refractivity (Wildman–Crippen MR) is 81.8 cm³/mol. The van der Waals surface area contributed by atoms with Crippen molar-refractivity contribution < 1.29 is 18.3 Å². The highest BCUT2D eigenvalue weighted by molar-refractivity contribution is 7.90. The average Bonchev–Trinajstić information content (AvgIpc) is 2.53. The Morgan fingerprint density at radius 2 is 1.67 bits per heavy atom. The summed E-state index contributed by atoms with van der Waals surface area (Å²) < 4.78 is 25.1. The van der Waals surface area contributed by atoms with Gasteiger partial charge < -0.3 is 0 Å². The van der Waals surface area contributed by atoms with Crippen LogP contribution >= 0.6 is 0 Å². The first kappa shape index (κ1) is 17.0. The normalized spacial score (nSPS) is 10.8. The third-order valence-electron chi connectivity index (χ3n) is 3.12. The molecule has 0 bridgehead atoms. The fourth-order valence-corrected chi connectivity index (χ4v) is 3.61. The molecule has 0 aromatic heterocycles. The Hall–Kier alpha value is -3.32. The number of non-ortho nitro benzene ring substituents is 1. The minimum Gasteiger partial charge on any atom is -0.258 e. The Balaban J connectivity index is 2.70. The number of benzene rings is 2. The Labute approximate surface area is 136 Å². The molecule has 122 valence electrons. The molecule has 0 fully saturated rings. The summed E-state index contributed by atoms with van der Waals surface area (Å²) in [4.78, 5) is 19.3. The second-order valence-electron chi connectivity index (χ2n) is 4.71. The number of nitro benzene ring substituents is 2. The van der Waals surface area contributed by atoms with Gasteiger partial charge in [0.1, 0.15) is 11.6 Å². The Morgan fingerprint density at radius 1 is 1.04 bits per heavy atom. The van der Waals surface area contributed by atoms with Crippen LogP contribution in [0.3, 0.4) is 0 Å². The lowest BCUT2D eigenvalue weighted by Crippen LogP contribution is -2.09. The molecule has 0 aliphatic rings. The Bertz CT molecular complexity index is 964.